The fraction of sp³-hybridized carbons (Fsp3) is 0.100. The van der Waals surface area contributed by atoms with Crippen molar-refractivity contribution >= 4 is 27.6 Å². The minimum Gasteiger partial charge on any atom is -0.260 e. The minimum absolute atomic E-state index is 0.0996. The van der Waals surface area contributed by atoms with E-state index in [0.29, 0.717) is 5.69 Å². The summed E-state index contributed by atoms with van der Waals surface area (Å²) in [4.78, 5) is 10.7. The first-order chi connectivity index (χ1) is 8.87. The molecule has 0 saturated heterocycles. The molecular formula is C10H8ClFN4O2S. The summed E-state index contributed by atoms with van der Waals surface area (Å²) in [6.45, 7) is 1.63. The van der Waals surface area contributed by atoms with Gasteiger partial charge in [-0.15, -0.1) is 0 Å². The van der Waals surface area contributed by atoms with E-state index in [9.17, 15) is 12.8 Å². The van der Waals surface area contributed by atoms with Crippen LogP contribution in [0.5, 0.6) is 0 Å². The van der Waals surface area contributed by atoms with Gasteiger partial charge in [-0.3, -0.25) is 4.98 Å². The van der Waals surface area contributed by atoms with Gasteiger partial charge in [0.1, 0.15) is 15.9 Å². The summed E-state index contributed by atoms with van der Waals surface area (Å²) in [6, 6.07) is 2.32. The standard InChI is InChI=1S/C10H8ClFN4O2S/c1-6-2-9(11)15-10(14-6)16-19(17,18)8-3-7(12)4-13-5-8/h2-5H,1H3,(H,14,15,16). The molecule has 0 bridgehead atoms. The highest BCUT2D eigenvalue weighted by atomic mass is 35.5. The first-order valence-electron chi connectivity index (χ1n) is 5.01. The lowest BCUT2D eigenvalue weighted by atomic mass is 10.5. The second-order valence-corrected chi connectivity index (χ2v) is 5.67. The van der Waals surface area contributed by atoms with Crippen molar-refractivity contribution in [1.29, 1.82) is 0 Å². The Morgan fingerprint density at radius 1 is 1.26 bits per heavy atom. The van der Waals surface area contributed by atoms with E-state index in [1.807, 2.05) is 0 Å². The molecule has 0 radical (unpaired) electrons. The van der Waals surface area contributed by atoms with Gasteiger partial charge in [-0.2, -0.15) is 0 Å². The maximum absolute atomic E-state index is 13.0. The fourth-order valence-electron chi connectivity index (χ4n) is 1.29. The van der Waals surface area contributed by atoms with Crippen LogP contribution in [0, 0.1) is 12.7 Å². The average Bonchev–Trinajstić information content (AvgIpc) is 2.26. The zero-order valence-electron chi connectivity index (χ0n) is 9.63. The van der Waals surface area contributed by atoms with Crippen LogP contribution >= 0.6 is 11.6 Å². The molecule has 19 heavy (non-hydrogen) atoms. The molecule has 0 amide bonds. The Morgan fingerprint density at radius 3 is 2.63 bits per heavy atom. The monoisotopic (exact) mass is 302 g/mol. The number of rotatable bonds is 3. The van der Waals surface area contributed by atoms with Crippen LogP contribution in [0.1, 0.15) is 5.69 Å². The number of aryl methyl sites for hydroxylation is 1. The van der Waals surface area contributed by atoms with Gasteiger partial charge in [0.05, 0.1) is 6.20 Å². The van der Waals surface area contributed by atoms with Crippen LogP contribution in [-0.4, -0.2) is 23.4 Å². The third kappa shape index (κ3) is 3.36. The molecule has 0 fully saturated rings. The van der Waals surface area contributed by atoms with Crippen molar-refractivity contribution < 1.29 is 12.8 Å². The van der Waals surface area contributed by atoms with Crippen LogP contribution in [0.15, 0.2) is 29.4 Å². The molecule has 6 nitrogen and oxygen atoms in total. The van der Waals surface area contributed by atoms with Crippen molar-refractivity contribution in [2.75, 3.05) is 4.72 Å². The normalized spacial score (nSPS) is 11.3. The van der Waals surface area contributed by atoms with Crippen LogP contribution in [0.25, 0.3) is 0 Å². The summed E-state index contributed by atoms with van der Waals surface area (Å²) in [5, 5.41) is 0.0996. The van der Waals surface area contributed by atoms with Crippen molar-refractivity contribution in [3.8, 4) is 0 Å². The highest BCUT2D eigenvalue weighted by Gasteiger charge is 2.17. The van der Waals surface area contributed by atoms with Gasteiger partial charge in [0.25, 0.3) is 10.0 Å². The summed E-state index contributed by atoms with van der Waals surface area (Å²) in [5.74, 6) is -0.944. The third-order valence-corrected chi connectivity index (χ3v) is 3.53. The van der Waals surface area contributed by atoms with Crippen LogP contribution in [-0.2, 0) is 10.0 Å². The molecule has 1 N–H and O–H groups in total. The van der Waals surface area contributed by atoms with Gasteiger partial charge in [-0.05, 0) is 19.1 Å². The molecule has 0 aliphatic carbocycles. The number of nitrogens with zero attached hydrogens (tertiary/aromatic N) is 3. The molecule has 100 valence electrons. The summed E-state index contributed by atoms with van der Waals surface area (Å²) < 4.78 is 38.9. The predicted molar refractivity (Wildman–Crippen MR) is 66.8 cm³/mol. The number of hydrogen-bond acceptors (Lipinski definition) is 5. The first kappa shape index (κ1) is 13.6. The van der Waals surface area contributed by atoms with Crippen LogP contribution in [0.3, 0.4) is 0 Å². The second-order valence-electron chi connectivity index (χ2n) is 3.60. The van der Waals surface area contributed by atoms with Crippen molar-refractivity contribution in [3.05, 3.63) is 41.2 Å². The average molecular weight is 303 g/mol. The van der Waals surface area contributed by atoms with Gasteiger partial charge < -0.3 is 0 Å². The van der Waals surface area contributed by atoms with E-state index in [1.165, 1.54) is 6.07 Å². The van der Waals surface area contributed by atoms with Crippen LogP contribution < -0.4 is 4.72 Å². The molecule has 0 aliphatic rings. The Hall–Kier alpha value is -1.80. The molecule has 0 saturated carbocycles. The van der Waals surface area contributed by atoms with E-state index >= 15 is 0 Å². The zero-order chi connectivity index (χ0) is 14.0. The van der Waals surface area contributed by atoms with Crippen LogP contribution in [0.4, 0.5) is 10.3 Å². The Balaban J connectivity index is 2.36. The third-order valence-electron chi connectivity index (χ3n) is 2.04. The van der Waals surface area contributed by atoms with Crippen molar-refractivity contribution in [3.63, 3.8) is 0 Å². The zero-order valence-corrected chi connectivity index (χ0v) is 11.2. The van der Waals surface area contributed by atoms with E-state index in [4.69, 9.17) is 11.6 Å². The van der Waals surface area contributed by atoms with E-state index in [2.05, 4.69) is 19.7 Å². The summed E-state index contributed by atoms with van der Waals surface area (Å²) >= 11 is 5.69. The summed E-state index contributed by atoms with van der Waals surface area (Å²) in [6.07, 6.45) is 1.92. The molecule has 9 heteroatoms. The van der Waals surface area contributed by atoms with E-state index < -0.39 is 15.8 Å². The minimum atomic E-state index is -4.01. The second kappa shape index (κ2) is 5.06. The first-order valence-corrected chi connectivity index (χ1v) is 6.87. The van der Waals surface area contributed by atoms with E-state index in [1.54, 1.807) is 6.92 Å². The largest absolute Gasteiger partial charge is 0.265 e. The van der Waals surface area contributed by atoms with Gasteiger partial charge in [-0.25, -0.2) is 27.5 Å². The van der Waals surface area contributed by atoms with Crippen molar-refractivity contribution in [2.45, 2.75) is 11.8 Å². The quantitative estimate of drug-likeness (QED) is 0.873. The number of hydrogen-bond donors (Lipinski definition) is 1. The predicted octanol–water partition coefficient (Wildman–Crippen LogP) is 1.77. The molecular weight excluding hydrogens is 295 g/mol. The fourth-order valence-corrected chi connectivity index (χ4v) is 2.45. The number of pyridine rings is 1. The number of anilines is 1. The van der Waals surface area contributed by atoms with Gasteiger partial charge in [0.2, 0.25) is 5.95 Å². The summed E-state index contributed by atoms with van der Waals surface area (Å²) in [5.41, 5.74) is 0.495. The molecule has 2 aromatic rings. The molecule has 0 spiro atoms. The Bertz CT molecular complexity index is 703. The number of nitrogens with one attached hydrogen (secondary N) is 1. The maximum Gasteiger partial charge on any atom is 0.265 e. The SMILES string of the molecule is Cc1cc(Cl)nc(NS(=O)(=O)c2cncc(F)c2)n1. The lowest BCUT2D eigenvalue weighted by Crippen LogP contribution is -2.15. The van der Waals surface area contributed by atoms with Gasteiger partial charge in [0.15, 0.2) is 0 Å². The molecule has 2 aromatic heterocycles. The summed E-state index contributed by atoms with van der Waals surface area (Å²) in [7, 11) is -4.01. The van der Waals surface area contributed by atoms with Gasteiger partial charge >= 0.3 is 0 Å². The van der Waals surface area contributed by atoms with Gasteiger partial charge in [-0.1, -0.05) is 11.6 Å². The molecule has 0 aliphatic heterocycles. The smallest absolute Gasteiger partial charge is 0.260 e. The number of aromatic nitrogens is 3. The van der Waals surface area contributed by atoms with Crippen molar-refractivity contribution in [1.82, 2.24) is 15.0 Å². The van der Waals surface area contributed by atoms with E-state index in [0.717, 1.165) is 18.5 Å². The Morgan fingerprint density at radius 2 is 2.00 bits per heavy atom. The molecule has 2 heterocycles. The number of sulfonamides is 1. The molecule has 0 unspecified atom stereocenters. The molecule has 2 rings (SSSR count). The highest BCUT2D eigenvalue weighted by Crippen LogP contribution is 2.15. The highest BCUT2D eigenvalue weighted by molar-refractivity contribution is 7.92. The lowest BCUT2D eigenvalue weighted by Gasteiger charge is -2.07. The van der Waals surface area contributed by atoms with E-state index in [-0.39, 0.29) is 16.0 Å². The van der Waals surface area contributed by atoms with Crippen molar-refractivity contribution in [2.24, 2.45) is 0 Å². The maximum atomic E-state index is 13.0. The topological polar surface area (TPSA) is 84.8 Å². The van der Waals surface area contributed by atoms with Crippen LogP contribution in [0.2, 0.25) is 5.15 Å². The Kier molecular flexibility index (Phi) is 3.63. The number of halogens is 2. The molecule has 0 atom stereocenters. The Labute approximate surface area is 113 Å². The van der Waals surface area contributed by atoms with Gasteiger partial charge in [0, 0.05) is 11.9 Å². The lowest BCUT2D eigenvalue weighted by molar-refractivity contribution is 0.592. The molecule has 0 aromatic carbocycles.